The average molecular weight is 293 g/mol. The molecule has 6 nitrogen and oxygen atoms in total. The van der Waals surface area contributed by atoms with Crippen LogP contribution in [0.3, 0.4) is 0 Å². The van der Waals surface area contributed by atoms with Gasteiger partial charge in [0.25, 0.3) is 0 Å². The molecule has 2 unspecified atom stereocenters. The molecule has 0 aromatic carbocycles. The summed E-state index contributed by atoms with van der Waals surface area (Å²) in [6, 6.07) is 3.27. The Balaban J connectivity index is 2.31. The van der Waals surface area contributed by atoms with Gasteiger partial charge >= 0.3 is 12.0 Å². The number of amides is 2. The quantitative estimate of drug-likeness (QED) is 0.721. The van der Waals surface area contributed by atoms with E-state index in [2.05, 4.69) is 15.6 Å². The van der Waals surface area contributed by atoms with Gasteiger partial charge in [-0.15, -0.1) is 0 Å². The molecule has 21 heavy (non-hydrogen) atoms. The first-order valence-electron chi connectivity index (χ1n) is 7.12. The Morgan fingerprint density at radius 1 is 1.33 bits per heavy atom. The molecule has 0 bridgehead atoms. The molecule has 116 valence electrons. The first-order chi connectivity index (χ1) is 9.90. The van der Waals surface area contributed by atoms with Crippen LogP contribution in [0.15, 0.2) is 18.3 Å². The summed E-state index contributed by atoms with van der Waals surface area (Å²) in [5.74, 6) is -1.12. The summed E-state index contributed by atoms with van der Waals surface area (Å²) in [7, 11) is 0. The second kappa shape index (κ2) is 8.24. The highest BCUT2D eigenvalue weighted by Gasteiger charge is 2.12. The number of carbonyl (C=O) groups is 2. The van der Waals surface area contributed by atoms with Crippen molar-refractivity contribution in [1.82, 2.24) is 10.3 Å². The summed E-state index contributed by atoms with van der Waals surface area (Å²) in [5.41, 5.74) is 1.44. The summed E-state index contributed by atoms with van der Waals surface area (Å²) in [5, 5.41) is 14.4. The van der Waals surface area contributed by atoms with E-state index in [0.717, 1.165) is 18.5 Å². The smallest absolute Gasteiger partial charge is 0.319 e. The van der Waals surface area contributed by atoms with Gasteiger partial charge in [0, 0.05) is 12.2 Å². The van der Waals surface area contributed by atoms with Crippen LogP contribution in [0.1, 0.15) is 38.8 Å². The van der Waals surface area contributed by atoms with Gasteiger partial charge in [-0.1, -0.05) is 13.3 Å². The lowest BCUT2D eigenvalue weighted by molar-refractivity contribution is -0.141. The number of hydrogen-bond donors (Lipinski definition) is 3. The summed E-state index contributed by atoms with van der Waals surface area (Å²) in [6.07, 6.45) is 3.80. The molecular weight excluding hydrogens is 270 g/mol. The van der Waals surface area contributed by atoms with E-state index in [9.17, 15) is 9.59 Å². The van der Waals surface area contributed by atoms with E-state index >= 15 is 0 Å². The maximum absolute atomic E-state index is 11.8. The number of carbonyl (C=O) groups excluding carboxylic acids is 1. The molecule has 3 N–H and O–H groups in total. The number of aryl methyl sites for hydroxylation is 1. The zero-order valence-corrected chi connectivity index (χ0v) is 12.7. The highest BCUT2D eigenvalue weighted by atomic mass is 16.4. The third kappa shape index (κ3) is 6.25. The van der Waals surface area contributed by atoms with Crippen molar-refractivity contribution in [3.8, 4) is 0 Å². The number of nitrogens with zero attached hydrogens (tertiary/aromatic N) is 1. The number of aromatic nitrogens is 1. The van der Waals surface area contributed by atoms with Gasteiger partial charge in [0.2, 0.25) is 0 Å². The maximum atomic E-state index is 11.8. The van der Waals surface area contributed by atoms with Gasteiger partial charge in [-0.05, 0) is 38.8 Å². The van der Waals surface area contributed by atoms with E-state index in [0.29, 0.717) is 12.1 Å². The zero-order valence-electron chi connectivity index (χ0n) is 12.7. The number of rotatable bonds is 7. The van der Waals surface area contributed by atoms with E-state index in [1.807, 2.05) is 13.8 Å². The number of nitrogens with one attached hydrogen (secondary N) is 2. The number of urea groups is 1. The number of carboxylic acids is 1. The molecule has 0 radical (unpaired) electrons. The van der Waals surface area contributed by atoms with Crippen molar-refractivity contribution in [2.24, 2.45) is 5.92 Å². The Bertz CT molecular complexity index is 491. The largest absolute Gasteiger partial charge is 0.481 e. The molecule has 6 heteroatoms. The van der Waals surface area contributed by atoms with Crippen LogP contribution in [0.5, 0.6) is 0 Å². The molecule has 0 aliphatic heterocycles. The molecule has 1 heterocycles. The van der Waals surface area contributed by atoms with Crippen LogP contribution in [0, 0.1) is 12.8 Å². The van der Waals surface area contributed by atoms with Crippen molar-refractivity contribution in [3.05, 3.63) is 24.0 Å². The highest BCUT2D eigenvalue weighted by molar-refractivity contribution is 5.89. The lowest BCUT2D eigenvalue weighted by atomic mass is 10.0. The minimum atomic E-state index is -0.777. The van der Waals surface area contributed by atoms with Gasteiger partial charge in [0.1, 0.15) is 0 Å². The molecule has 0 aliphatic rings. The molecule has 1 rings (SSSR count). The van der Waals surface area contributed by atoms with E-state index in [1.165, 1.54) is 0 Å². The summed E-state index contributed by atoms with van der Waals surface area (Å²) in [6.45, 7) is 5.42. The fourth-order valence-corrected chi connectivity index (χ4v) is 1.92. The van der Waals surface area contributed by atoms with Gasteiger partial charge in [-0.3, -0.25) is 9.78 Å². The Morgan fingerprint density at radius 2 is 2.05 bits per heavy atom. The van der Waals surface area contributed by atoms with Crippen LogP contribution in [-0.2, 0) is 4.79 Å². The standard InChI is InChI=1S/C15H23N3O3/c1-10(14(19)20)6-4-7-11(2)17-15(21)18-13-8-5-9-16-12(13)3/h5,8-11H,4,6-7H2,1-3H3,(H,19,20)(H2,17,18,21). The van der Waals surface area contributed by atoms with Crippen LogP contribution < -0.4 is 10.6 Å². The van der Waals surface area contributed by atoms with E-state index in [-0.39, 0.29) is 18.0 Å². The number of pyridine rings is 1. The third-order valence-corrected chi connectivity index (χ3v) is 3.33. The summed E-state index contributed by atoms with van der Waals surface area (Å²) in [4.78, 5) is 26.6. The molecule has 0 aliphatic carbocycles. The predicted molar refractivity (Wildman–Crippen MR) is 81.2 cm³/mol. The van der Waals surface area contributed by atoms with Gasteiger partial charge in [0.05, 0.1) is 17.3 Å². The number of hydrogen-bond acceptors (Lipinski definition) is 3. The van der Waals surface area contributed by atoms with Crippen molar-refractivity contribution in [3.63, 3.8) is 0 Å². The fourth-order valence-electron chi connectivity index (χ4n) is 1.92. The topological polar surface area (TPSA) is 91.3 Å². The van der Waals surface area contributed by atoms with Crippen molar-refractivity contribution in [2.75, 3.05) is 5.32 Å². The van der Waals surface area contributed by atoms with Crippen molar-refractivity contribution in [2.45, 2.75) is 46.1 Å². The lowest BCUT2D eigenvalue weighted by Crippen LogP contribution is -2.36. The molecule has 1 aromatic heterocycles. The van der Waals surface area contributed by atoms with Gasteiger partial charge in [-0.2, -0.15) is 0 Å². The minimum Gasteiger partial charge on any atom is -0.481 e. The number of anilines is 1. The van der Waals surface area contributed by atoms with E-state index < -0.39 is 5.97 Å². The SMILES string of the molecule is Cc1ncccc1NC(=O)NC(C)CCCC(C)C(=O)O. The van der Waals surface area contributed by atoms with Crippen LogP contribution in [0.4, 0.5) is 10.5 Å². The van der Waals surface area contributed by atoms with Crippen LogP contribution in [0.25, 0.3) is 0 Å². The molecule has 1 aromatic rings. The second-order valence-electron chi connectivity index (χ2n) is 5.31. The van der Waals surface area contributed by atoms with Gasteiger partial charge in [-0.25, -0.2) is 4.79 Å². The Morgan fingerprint density at radius 3 is 2.67 bits per heavy atom. The number of carboxylic acid groups (broad SMARTS) is 1. The highest BCUT2D eigenvalue weighted by Crippen LogP contribution is 2.11. The molecule has 0 saturated carbocycles. The van der Waals surface area contributed by atoms with Crippen molar-refractivity contribution < 1.29 is 14.7 Å². The van der Waals surface area contributed by atoms with Gasteiger partial charge < -0.3 is 15.7 Å². The van der Waals surface area contributed by atoms with Crippen molar-refractivity contribution in [1.29, 1.82) is 0 Å². The first kappa shape index (κ1) is 16.9. The minimum absolute atomic E-state index is 0.0111. The van der Waals surface area contributed by atoms with Crippen molar-refractivity contribution >= 4 is 17.7 Å². The lowest BCUT2D eigenvalue weighted by Gasteiger charge is -2.15. The van der Waals surface area contributed by atoms with Crippen LogP contribution in [0.2, 0.25) is 0 Å². The Labute approximate surface area is 125 Å². The first-order valence-corrected chi connectivity index (χ1v) is 7.12. The van der Waals surface area contributed by atoms with Crippen LogP contribution >= 0.6 is 0 Å². The second-order valence-corrected chi connectivity index (χ2v) is 5.31. The normalized spacial score (nSPS) is 13.3. The monoisotopic (exact) mass is 293 g/mol. The fraction of sp³-hybridized carbons (Fsp3) is 0.533. The zero-order chi connectivity index (χ0) is 15.8. The molecule has 2 atom stereocenters. The summed E-state index contributed by atoms with van der Waals surface area (Å²) < 4.78 is 0. The van der Waals surface area contributed by atoms with E-state index in [4.69, 9.17) is 5.11 Å². The summed E-state index contributed by atoms with van der Waals surface area (Å²) >= 11 is 0. The van der Waals surface area contributed by atoms with Gasteiger partial charge in [0.15, 0.2) is 0 Å². The Hall–Kier alpha value is -2.11. The third-order valence-electron chi connectivity index (χ3n) is 3.33. The number of aliphatic carboxylic acids is 1. The van der Waals surface area contributed by atoms with Crippen LogP contribution in [-0.4, -0.2) is 28.1 Å². The molecule has 0 saturated heterocycles. The molecule has 2 amide bonds. The molecular formula is C15H23N3O3. The van der Waals surface area contributed by atoms with E-state index in [1.54, 1.807) is 25.3 Å². The average Bonchev–Trinajstić information content (AvgIpc) is 2.41. The predicted octanol–water partition coefficient (Wildman–Crippen LogP) is 2.79. The molecule has 0 fully saturated rings. The Kier molecular flexibility index (Phi) is 6.65. The molecule has 0 spiro atoms. The maximum Gasteiger partial charge on any atom is 0.319 e.